The molecule has 0 unspecified atom stereocenters. The van der Waals surface area contributed by atoms with Gasteiger partial charge in [0, 0.05) is 12.6 Å². The van der Waals surface area contributed by atoms with Crippen LogP contribution in [-0.2, 0) is 20.7 Å². The van der Waals surface area contributed by atoms with Crippen molar-refractivity contribution < 1.29 is 14.3 Å². The molecule has 0 aliphatic carbocycles. The summed E-state index contributed by atoms with van der Waals surface area (Å²) in [7, 11) is 1.35. The van der Waals surface area contributed by atoms with Gasteiger partial charge in [0.1, 0.15) is 0 Å². The Morgan fingerprint density at radius 1 is 1.07 bits per heavy atom. The zero-order chi connectivity index (χ0) is 20.6. The first kappa shape index (κ1) is 20.3. The van der Waals surface area contributed by atoms with E-state index in [4.69, 9.17) is 4.74 Å². The second-order valence-corrected chi connectivity index (χ2v) is 6.90. The van der Waals surface area contributed by atoms with Crippen molar-refractivity contribution in [1.29, 1.82) is 0 Å². The predicted octanol–water partition coefficient (Wildman–Crippen LogP) is 3.47. The van der Waals surface area contributed by atoms with Crippen LogP contribution >= 0.6 is 0 Å². The fourth-order valence-corrected chi connectivity index (χ4v) is 3.19. The summed E-state index contributed by atoms with van der Waals surface area (Å²) < 4.78 is 6.66. The normalized spacial score (nSPS) is 12.8. The van der Waals surface area contributed by atoms with Gasteiger partial charge in [-0.2, -0.15) is 5.10 Å². The molecule has 0 fully saturated rings. The number of amides is 1. The fourth-order valence-electron chi connectivity index (χ4n) is 3.19. The molecule has 1 N–H and O–H groups in total. The van der Waals surface area contributed by atoms with Crippen molar-refractivity contribution in [1.82, 2.24) is 15.1 Å². The number of hydrogen-bond donors (Lipinski definition) is 1. The van der Waals surface area contributed by atoms with Crippen molar-refractivity contribution >= 4 is 11.9 Å². The Labute approximate surface area is 170 Å². The van der Waals surface area contributed by atoms with Gasteiger partial charge in [0.2, 0.25) is 5.91 Å². The number of esters is 1. The number of para-hydroxylation sites is 1. The third-order valence-electron chi connectivity index (χ3n) is 4.85. The molecule has 0 aliphatic rings. The van der Waals surface area contributed by atoms with E-state index in [1.807, 2.05) is 66.9 Å². The number of benzene rings is 2. The molecule has 6 nitrogen and oxygen atoms in total. The lowest BCUT2D eigenvalue weighted by Gasteiger charge is -2.24. The maximum atomic E-state index is 12.6. The minimum absolute atomic E-state index is 0.123. The number of aryl methyl sites for hydroxylation is 1. The molecule has 1 aromatic heterocycles. The standard InChI is InChI=1S/C23H25N3O3/c1-17(23(28)29-2)22(19-9-5-3-6-10-19)25-21(27)14-13-18-15-24-26(16-18)20-11-7-4-8-12-20/h3-12,15-17,22H,13-14H2,1-2H3,(H,25,27)/t17-,22-/m0/s1. The van der Waals surface area contributed by atoms with Crippen molar-refractivity contribution in [3.05, 3.63) is 84.2 Å². The minimum Gasteiger partial charge on any atom is -0.469 e. The monoisotopic (exact) mass is 391 g/mol. The van der Waals surface area contributed by atoms with Crippen molar-refractivity contribution in [2.45, 2.75) is 25.8 Å². The van der Waals surface area contributed by atoms with Crippen LogP contribution in [0.1, 0.15) is 30.5 Å². The Balaban J connectivity index is 1.63. The maximum absolute atomic E-state index is 12.6. The number of nitrogens with one attached hydrogen (secondary N) is 1. The zero-order valence-electron chi connectivity index (χ0n) is 16.6. The molecule has 2 atom stereocenters. The molecule has 0 radical (unpaired) electrons. The summed E-state index contributed by atoms with van der Waals surface area (Å²) in [4.78, 5) is 24.6. The topological polar surface area (TPSA) is 73.2 Å². The highest BCUT2D eigenvalue weighted by Gasteiger charge is 2.27. The first-order chi connectivity index (χ1) is 14.1. The van der Waals surface area contributed by atoms with E-state index >= 15 is 0 Å². The molecule has 0 aliphatic heterocycles. The molecule has 1 amide bonds. The highest BCUT2D eigenvalue weighted by molar-refractivity contribution is 5.79. The number of aromatic nitrogens is 2. The summed E-state index contributed by atoms with van der Waals surface area (Å²) in [5.41, 5.74) is 2.82. The van der Waals surface area contributed by atoms with Crippen molar-refractivity contribution in [2.75, 3.05) is 7.11 Å². The number of ether oxygens (including phenoxy) is 1. The van der Waals surface area contributed by atoms with Crippen LogP contribution < -0.4 is 5.32 Å². The van der Waals surface area contributed by atoms with Crippen LogP contribution in [0.2, 0.25) is 0 Å². The van der Waals surface area contributed by atoms with Crippen LogP contribution in [0.4, 0.5) is 0 Å². The third kappa shape index (κ3) is 5.31. The molecule has 3 rings (SSSR count). The van der Waals surface area contributed by atoms with Gasteiger partial charge >= 0.3 is 5.97 Å². The summed E-state index contributed by atoms with van der Waals surface area (Å²) in [6.45, 7) is 1.76. The van der Waals surface area contributed by atoms with Crippen molar-refractivity contribution in [2.24, 2.45) is 5.92 Å². The second-order valence-electron chi connectivity index (χ2n) is 6.90. The molecule has 6 heteroatoms. The lowest BCUT2D eigenvalue weighted by molar-refractivity contribution is -0.146. The van der Waals surface area contributed by atoms with E-state index in [1.54, 1.807) is 17.8 Å². The molecule has 1 heterocycles. The van der Waals surface area contributed by atoms with Crippen LogP contribution in [-0.4, -0.2) is 28.8 Å². The molecule has 2 aromatic carbocycles. The Kier molecular flexibility index (Phi) is 6.79. The van der Waals surface area contributed by atoms with Gasteiger partial charge in [0.15, 0.2) is 0 Å². The molecule has 150 valence electrons. The third-order valence-corrected chi connectivity index (χ3v) is 4.85. The number of rotatable bonds is 8. The SMILES string of the molecule is COC(=O)[C@@H](C)[C@H](NC(=O)CCc1cnn(-c2ccccc2)c1)c1ccccc1. The largest absolute Gasteiger partial charge is 0.469 e. The van der Waals surface area contributed by atoms with E-state index in [2.05, 4.69) is 10.4 Å². The van der Waals surface area contributed by atoms with Gasteiger partial charge in [-0.3, -0.25) is 9.59 Å². The van der Waals surface area contributed by atoms with Gasteiger partial charge in [0.05, 0.1) is 31.0 Å². The molecular weight excluding hydrogens is 366 g/mol. The smallest absolute Gasteiger partial charge is 0.310 e. The van der Waals surface area contributed by atoms with Gasteiger partial charge < -0.3 is 10.1 Å². The van der Waals surface area contributed by atoms with Crippen LogP contribution in [0.15, 0.2) is 73.1 Å². The number of carbonyl (C=O) groups excluding carboxylic acids is 2. The van der Waals surface area contributed by atoms with E-state index in [0.717, 1.165) is 16.8 Å². The first-order valence-electron chi connectivity index (χ1n) is 9.59. The highest BCUT2D eigenvalue weighted by Crippen LogP contribution is 2.23. The molecule has 0 spiro atoms. The summed E-state index contributed by atoms with van der Waals surface area (Å²) >= 11 is 0. The van der Waals surface area contributed by atoms with E-state index in [9.17, 15) is 9.59 Å². The zero-order valence-corrected chi connectivity index (χ0v) is 16.6. The predicted molar refractivity (Wildman–Crippen MR) is 110 cm³/mol. The van der Waals surface area contributed by atoms with E-state index < -0.39 is 12.0 Å². The maximum Gasteiger partial charge on any atom is 0.310 e. The van der Waals surface area contributed by atoms with Gasteiger partial charge in [-0.05, 0) is 36.6 Å². The average Bonchev–Trinajstić information content (AvgIpc) is 3.25. The lowest BCUT2D eigenvalue weighted by Crippen LogP contribution is -2.36. The summed E-state index contributed by atoms with van der Waals surface area (Å²) in [5, 5.41) is 7.35. The van der Waals surface area contributed by atoms with Crippen LogP contribution in [0.25, 0.3) is 5.69 Å². The van der Waals surface area contributed by atoms with E-state index in [1.165, 1.54) is 7.11 Å². The van der Waals surface area contributed by atoms with Gasteiger partial charge in [-0.25, -0.2) is 4.68 Å². The molecule has 0 saturated carbocycles. The van der Waals surface area contributed by atoms with Crippen molar-refractivity contribution in [3.63, 3.8) is 0 Å². The quantitative estimate of drug-likeness (QED) is 0.597. The lowest BCUT2D eigenvalue weighted by atomic mass is 9.94. The van der Waals surface area contributed by atoms with Crippen LogP contribution in [0, 0.1) is 5.92 Å². The molecule has 3 aromatic rings. The molecular formula is C23H25N3O3. The van der Waals surface area contributed by atoms with Crippen LogP contribution in [0.3, 0.4) is 0 Å². The number of nitrogens with zero attached hydrogens (tertiary/aromatic N) is 2. The Hall–Kier alpha value is -3.41. The summed E-state index contributed by atoms with van der Waals surface area (Å²) in [6, 6.07) is 18.8. The number of carbonyl (C=O) groups is 2. The molecule has 29 heavy (non-hydrogen) atoms. The average molecular weight is 391 g/mol. The Morgan fingerprint density at radius 2 is 1.72 bits per heavy atom. The van der Waals surface area contributed by atoms with Gasteiger partial charge in [-0.1, -0.05) is 48.5 Å². The summed E-state index contributed by atoms with van der Waals surface area (Å²) in [6.07, 6.45) is 4.56. The second kappa shape index (κ2) is 9.68. The number of methoxy groups -OCH3 is 1. The summed E-state index contributed by atoms with van der Waals surface area (Å²) in [5.74, 6) is -0.975. The van der Waals surface area contributed by atoms with Crippen molar-refractivity contribution in [3.8, 4) is 5.69 Å². The number of hydrogen-bond acceptors (Lipinski definition) is 4. The molecule has 0 saturated heterocycles. The highest BCUT2D eigenvalue weighted by atomic mass is 16.5. The van der Waals surface area contributed by atoms with E-state index in [-0.39, 0.29) is 11.9 Å². The Bertz CT molecular complexity index is 938. The Morgan fingerprint density at radius 3 is 2.38 bits per heavy atom. The fraction of sp³-hybridized carbons (Fsp3) is 0.261. The van der Waals surface area contributed by atoms with Crippen LogP contribution in [0.5, 0.6) is 0 Å². The first-order valence-corrected chi connectivity index (χ1v) is 9.59. The molecule has 0 bridgehead atoms. The minimum atomic E-state index is -0.493. The van der Waals surface area contributed by atoms with Gasteiger partial charge in [0.25, 0.3) is 0 Å². The van der Waals surface area contributed by atoms with E-state index in [0.29, 0.717) is 12.8 Å². The van der Waals surface area contributed by atoms with Gasteiger partial charge in [-0.15, -0.1) is 0 Å².